The van der Waals surface area contributed by atoms with Crippen molar-refractivity contribution in [2.75, 3.05) is 6.61 Å². The maximum absolute atomic E-state index is 12.5. The van der Waals surface area contributed by atoms with E-state index in [2.05, 4.69) is 10.3 Å². The number of benzene rings is 1. The molecule has 122 valence electrons. The number of hydrogen-bond acceptors (Lipinski definition) is 3. The monoisotopic (exact) mass is 322 g/mol. The summed E-state index contributed by atoms with van der Waals surface area (Å²) in [4.78, 5) is 28.2. The second-order valence-electron chi connectivity index (χ2n) is 5.59. The molecule has 0 saturated heterocycles. The van der Waals surface area contributed by atoms with Crippen molar-refractivity contribution >= 4 is 17.5 Å². The van der Waals surface area contributed by atoms with Gasteiger partial charge in [-0.3, -0.25) is 9.59 Å². The van der Waals surface area contributed by atoms with Crippen LogP contribution in [0.2, 0.25) is 0 Å². The number of aliphatic imine (C=N–C) groups is 1. The molecule has 1 unspecified atom stereocenters. The number of nitrogens with zero attached hydrogens (tertiary/aromatic N) is 1. The van der Waals surface area contributed by atoms with Gasteiger partial charge < -0.3 is 10.1 Å². The molecule has 1 atom stereocenters. The molecule has 24 heavy (non-hydrogen) atoms. The first-order chi connectivity index (χ1) is 11.6. The van der Waals surface area contributed by atoms with E-state index in [1.54, 1.807) is 36.4 Å². The third-order valence-electron chi connectivity index (χ3n) is 3.86. The maximum Gasteiger partial charge on any atom is 0.281 e. The van der Waals surface area contributed by atoms with Gasteiger partial charge in [-0.1, -0.05) is 23.8 Å². The minimum Gasteiger partial charge on any atom is -0.493 e. The molecule has 1 N–H and O–H groups in total. The lowest BCUT2D eigenvalue weighted by Crippen LogP contribution is -2.32. The molecule has 0 aromatic heterocycles. The number of fused-ring (bicyclic) bond motifs is 1. The van der Waals surface area contributed by atoms with Crippen LogP contribution in [0.25, 0.3) is 0 Å². The minimum absolute atomic E-state index is 0.0347. The fraction of sp³-hybridized carbons (Fsp3) is 0.211. The summed E-state index contributed by atoms with van der Waals surface area (Å²) in [6.07, 6.45) is 7.05. The number of para-hydroxylation sites is 1. The molecule has 2 amide bonds. The Morgan fingerprint density at radius 3 is 2.88 bits per heavy atom. The largest absolute Gasteiger partial charge is 0.493 e. The normalized spacial score (nSPS) is 20.8. The van der Waals surface area contributed by atoms with E-state index in [1.807, 2.05) is 26.0 Å². The molecule has 1 aliphatic carbocycles. The molecule has 2 aliphatic rings. The van der Waals surface area contributed by atoms with Gasteiger partial charge >= 0.3 is 0 Å². The van der Waals surface area contributed by atoms with Gasteiger partial charge in [0, 0.05) is 17.7 Å². The molecule has 0 fully saturated rings. The van der Waals surface area contributed by atoms with Gasteiger partial charge in [-0.15, -0.1) is 0 Å². The molecule has 3 rings (SSSR count). The number of allylic oxidation sites excluding steroid dienone is 3. The van der Waals surface area contributed by atoms with E-state index < -0.39 is 0 Å². The maximum atomic E-state index is 12.5. The van der Waals surface area contributed by atoms with Crippen molar-refractivity contribution in [3.05, 3.63) is 65.4 Å². The molecule has 1 aromatic carbocycles. The predicted molar refractivity (Wildman–Crippen MR) is 92.0 cm³/mol. The number of amides is 2. The molecule has 0 bridgehead atoms. The van der Waals surface area contributed by atoms with Crippen LogP contribution < -0.4 is 10.1 Å². The highest BCUT2D eigenvalue weighted by Gasteiger charge is 2.24. The first-order valence-electron chi connectivity index (χ1n) is 7.82. The highest BCUT2D eigenvalue weighted by atomic mass is 16.5. The molecule has 1 heterocycles. The van der Waals surface area contributed by atoms with Crippen LogP contribution in [-0.4, -0.2) is 24.1 Å². The van der Waals surface area contributed by atoms with Crippen molar-refractivity contribution in [3.63, 3.8) is 0 Å². The fourth-order valence-electron chi connectivity index (χ4n) is 2.75. The summed E-state index contributed by atoms with van der Waals surface area (Å²) in [6, 6.07) is 7.03. The molecule has 5 heteroatoms. The third-order valence-corrected chi connectivity index (χ3v) is 3.86. The second kappa shape index (κ2) is 6.66. The molecule has 0 spiro atoms. The average molecular weight is 322 g/mol. The smallest absolute Gasteiger partial charge is 0.281 e. The standard InChI is InChI=1S/C19H18N2O3/c1-3-24-17-7-5-4-6-15(17)19(23)20-13-8-9-14-12(2)10-18(22)21-16(14)11-13/h4-11,14H,3H2,1-2H3,(H,21,22). The van der Waals surface area contributed by atoms with Crippen molar-refractivity contribution in [1.82, 2.24) is 5.32 Å². The Morgan fingerprint density at radius 1 is 1.29 bits per heavy atom. The molecule has 1 aromatic rings. The highest BCUT2D eigenvalue weighted by Crippen LogP contribution is 2.27. The molecule has 1 aliphatic heterocycles. The number of carbonyl (C=O) groups is 2. The van der Waals surface area contributed by atoms with Crippen molar-refractivity contribution in [3.8, 4) is 5.75 Å². The fourth-order valence-corrected chi connectivity index (χ4v) is 2.75. The van der Waals surface area contributed by atoms with Crippen molar-refractivity contribution < 1.29 is 14.3 Å². The van der Waals surface area contributed by atoms with E-state index in [4.69, 9.17) is 4.74 Å². The molecule has 0 radical (unpaired) electrons. The number of ether oxygens (including phenoxy) is 1. The Labute approximate surface area is 140 Å². The Bertz CT molecular complexity index is 816. The van der Waals surface area contributed by atoms with E-state index in [0.717, 1.165) is 11.3 Å². The van der Waals surface area contributed by atoms with E-state index in [0.29, 0.717) is 23.6 Å². The topological polar surface area (TPSA) is 67.8 Å². The van der Waals surface area contributed by atoms with Crippen LogP contribution in [0.4, 0.5) is 0 Å². The van der Waals surface area contributed by atoms with Crippen LogP contribution in [0, 0.1) is 5.92 Å². The minimum atomic E-state index is -0.372. The van der Waals surface area contributed by atoms with Crippen LogP contribution in [0.5, 0.6) is 5.75 Å². The second-order valence-corrected chi connectivity index (χ2v) is 5.59. The SMILES string of the molecule is CCOc1ccccc1C(=O)N=C1C=CC2C(C)=CC(=O)NC2=C1. The van der Waals surface area contributed by atoms with Crippen LogP contribution in [0.3, 0.4) is 0 Å². The lowest BCUT2D eigenvalue weighted by atomic mass is 9.89. The Balaban J connectivity index is 1.88. The Kier molecular flexibility index (Phi) is 4.42. The first-order valence-corrected chi connectivity index (χ1v) is 7.82. The predicted octanol–water partition coefficient (Wildman–Crippen LogP) is 2.81. The van der Waals surface area contributed by atoms with E-state index >= 15 is 0 Å². The summed E-state index contributed by atoms with van der Waals surface area (Å²) in [5.74, 6) is 0.0259. The molecule has 5 nitrogen and oxygen atoms in total. The lowest BCUT2D eigenvalue weighted by Gasteiger charge is -2.25. The van der Waals surface area contributed by atoms with Crippen molar-refractivity contribution in [2.45, 2.75) is 13.8 Å². The summed E-state index contributed by atoms with van der Waals surface area (Å²) >= 11 is 0. The van der Waals surface area contributed by atoms with Crippen molar-refractivity contribution in [2.24, 2.45) is 10.9 Å². The van der Waals surface area contributed by atoms with Gasteiger partial charge in [-0.05, 0) is 38.1 Å². The molecule has 0 saturated carbocycles. The van der Waals surface area contributed by atoms with Gasteiger partial charge in [0.25, 0.3) is 5.91 Å². The van der Waals surface area contributed by atoms with Crippen LogP contribution in [0.1, 0.15) is 24.2 Å². The summed E-state index contributed by atoms with van der Waals surface area (Å²) in [5, 5.41) is 2.80. The zero-order chi connectivity index (χ0) is 17.1. The first kappa shape index (κ1) is 15.9. The van der Waals surface area contributed by atoms with E-state index in [1.165, 1.54) is 0 Å². The van der Waals surface area contributed by atoms with E-state index in [-0.39, 0.29) is 17.7 Å². The molecular weight excluding hydrogens is 304 g/mol. The third kappa shape index (κ3) is 3.20. The summed E-state index contributed by atoms with van der Waals surface area (Å²) < 4.78 is 5.47. The van der Waals surface area contributed by atoms with Gasteiger partial charge in [-0.2, -0.15) is 0 Å². The average Bonchev–Trinajstić information content (AvgIpc) is 2.55. The van der Waals surface area contributed by atoms with Gasteiger partial charge in [0.15, 0.2) is 0 Å². The summed E-state index contributed by atoms with van der Waals surface area (Å²) in [6.45, 7) is 4.25. The molecular formula is C19H18N2O3. The van der Waals surface area contributed by atoms with E-state index in [9.17, 15) is 9.59 Å². The van der Waals surface area contributed by atoms with Gasteiger partial charge in [-0.25, -0.2) is 4.99 Å². The van der Waals surface area contributed by atoms with Crippen LogP contribution in [-0.2, 0) is 4.79 Å². The zero-order valence-electron chi connectivity index (χ0n) is 13.6. The van der Waals surface area contributed by atoms with Gasteiger partial charge in [0.05, 0.1) is 17.9 Å². The van der Waals surface area contributed by atoms with Crippen molar-refractivity contribution in [1.29, 1.82) is 0 Å². The van der Waals surface area contributed by atoms with Crippen LogP contribution in [0.15, 0.2) is 64.8 Å². The Morgan fingerprint density at radius 2 is 2.08 bits per heavy atom. The van der Waals surface area contributed by atoms with Gasteiger partial charge in [0.2, 0.25) is 5.91 Å². The number of nitrogens with one attached hydrogen (secondary N) is 1. The summed E-state index contributed by atoms with van der Waals surface area (Å²) in [5.41, 5.74) is 2.64. The lowest BCUT2D eigenvalue weighted by molar-refractivity contribution is -0.116. The number of carbonyl (C=O) groups excluding carboxylic acids is 2. The Hall–Kier alpha value is -2.95. The number of hydrogen-bond donors (Lipinski definition) is 1. The number of rotatable bonds is 3. The summed E-state index contributed by atoms with van der Waals surface area (Å²) in [7, 11) is 0. The van der Waals surface area contributed by atoms with Gasteiger partial charge in [0.1, 0.15) is 5.75 Å². The zero-order valence-corrected chi connectivity index (χ0v) is 13.6. The van der Waals surface area contributed by atoms with Crippen LogP contribution >= 0.6 is 0 Å². The highest BCUT2D eigenvalue weighted by molar-refractivity contribution is 6.14. The quantitative estimate of drug-likeness (QED) is 0.930.